The number of rotatable bonds is 8. The standard InChI is InChI=1S/C25H40N2O5S/c1-9-11-26(24(6,7)8)22(30)20-25-15(5)12-17(33-25)18(23(31)32-10-2)19(25)21(29)27(20)16(13-28)14(3)4/h9,14-20,28H,1,10-13H2,2-8H3/t15?,16-,17-,18+,19-,20?,25?/m0/s1. The van der Waals surface area contributed by atoms with Crippen LogP contribution in [0.15, 0.2) is 12.7 Å². The molecule has 186 valence electrons. The molecule has 0 aromatic carbocycles. The lowest BCUT2D eigenvalue weighted by Crippen LogP contribution is -2.62. The van der Waals surface area contributed by atoms with Crippen LogP contribution in [-0.4, -0.2) is 80.1 Å². The van der Waals surface area contributed by atoms with Crippen LogP contribution in [0.5, 0.6) is 0 Å². The molecule has 2 amide bonds. The zero-order chi connectivity index (χ0) is 24.9. The molecule has 0 aromatic rings. The number of esters is 1. The minimum atomic E-state index is -0.752. The lowest BCUT2D eigenvalue weighted by molar-refractivity contribution is -0.154. The van der Waals surface area contributed by atoms with Gasteiger partial charge in [-0.3, -0.25) is 14.4 Å². The quantitative estimate of drug-likeness (QED) is 0.425. The summed E-state index contributed by atoms with van der Waals surface area (Å²) in [6.07, 6.45) is 2.47. The molecule has 3 aliphatic heterocycles. The van der Waals surface area contributed by atoms with Crippen molar-refractivity contribution >= 4 is 29.5 Å². The highest BCUT2D eigenvalue weighted by molar-refractivity contribution is 8.02. The number of carbonyl (C=O) groups is 3. The number of hydrogen-bond acceptors (Lipinski definition) is 6. The normalized spacial score (nSPS) is 33.9. The van der Waals surface area contributed by atoms with Crippen molar-refractivity contribution in [3.8, 4) is 0 Å². The summed E-state index contributed by atoms with van der Waals surface area (Å²) < 4.78 is 4.67. The number of ether oxygens (including phenoxy) is 1. The monoisotopic (exact) mass is 480 g/mol. The third kappa shape index (κ3) is 3.91. The Hall–Kier alpha value is -1.54. The average molecular weight is 481 g/mol. The van der Waals surface area contributed by atoms with Crippen LogP contribution >= 0.6 is 11.8 Å². The van der Waals surface area contributed by atoms with Crippen LogP contribution in [-0.2, 0) is 19.1 Å². The molecule has 7 atom stereocenters. The predicted molar refractivity (Wildman–Crippen MR) is 130 cm³/mol. The van der Waals surface area contributed by atoms with E-state index in [0.29, 0.717) is 6.54 Å². The maximum Gasteiger partial charge on any atom is 0.310 e. The topological polar surface area (TPSA) is 87.2 Å². The number of likely N-dealkylation sites (tertiary alicyclic amines) is 1. The Bertz CT molecular complexity index is 809. The van der Waals surface area contributed by atoms with Crippen molar-refractivity contribution in [2.45, 2.75) is 82.5 Å². The number of fused-ring (bicyclic) bond motifs is 1. The molecule has 8 heteroatoms. The fourth-order valence-electron chi connectivity index (χ4n) is 6.19. The molecule has 1 spiro atoms. The first kappa shape index (κ1) is 26.1. The Morgan fingerprint density at radius 1 is 1.39 bits per heavy atom. The highest BCUT2D eigenvalue weighted by Gasteiger charge is 2.77. The molecular formula is C25H40N2O5S. The van der Waals surface area contributed by atoms with E-state index in [0.717, 1.165) is 6.42 Å². The predicted octanol–water partition coefficient (Wildman–Crippen LogP) is 2.72. The van der Waals surface area contributed by atoms with Crippen LogP contribution in [0.2, 0.25) is 0 Å². The second kappa shape index (κ2) is 9.25. The van der Waals surface area contributed by atoms with Gasteiger partial charge in [0.15, 0.2) is 0 Å². The molecule has 0 aliphatic carbocycles. The highest BCUT2D eigenvalue weighted by atomic mass is 32.2. The molecule has 1 N–H and O–H groups in total. The van der Waals surface area contributed by atoms with Crippen LogP contribution in [0.4, 0.5) is 0 Å². The molecule has 7 nitrogen and oxygen atoms in total. The maximum absolute atomic E-state index is 14.3. The summed E-state index contributed by atoms with van der Waals surface area (Å²) in [5, 5.41) is 10.3. The third-order valence-electron chi connectivity index (χ3n) is 7.68. The van der Waals surface area contributed by atoms with Gasteiger partial charge in [-0.1, -0.05) is 26.8 Å². The summed E-state index contributed by atoms with van der Waals surface area (Å²) in [7, 11) is 0. The van der Waals surface area contributed by atoms with Gasteiger partial charge < -0.3 is 19.6 Å². The summed E-state index contributed by atoms with van der Waals surface area (Å²) >= 11 is 1.63. The first-order chi connectivity index (χ1) is 15.4. The van der Waals surface area contributed by atoms with E-state index in [9.17, 15) is 19.5 Å². The van der Waals surface area contributed by atoms with Crippen molar-refractivity contribution in [3.05, 3.63) is 12.7 Å². The van der Waals surface area contributed by atoms with Gasteiger partial charge in [0.05, 0.1) is 35.8 Å². The largest absolute Gasteiger partial charge is 0.466 e. The minimum absolute atomic E-state index is 0.0421. The smallest absolute Gasteiger partial charge is 0.310 e. The number of amides is 2. The van der Waals surface area contributed by atoms with E-state index in [-0.39, 0.29) is 48.1 Å². The Kier molecular flexibility index (Phi) is 7.31. The van der Waals surface area contributed by atoms with Gasteiger partial charge in [-0.25, -0.2) is 0 Å². The summed E-state index contributed by atoms with van der Waals surface area (Å²) in [5.41, 5.74) is -0.480. The van der Waals surface area contributed by atoms with E-state index in [1.807, 2.05) is 34.6 Å². The van der Waals surface area contributed by atoms with Crippen LogP contribution < -0.4 is 0 Å². The van der Waals surface area contributed by atoms with Crippen molar-refractivity contribution in [1.29, 1.82) is 0 Å². The van der Waals surface area contributed by atoms with Crippen LogP contribution in [0.3, 0.4) is 0 Å². The molecule has 0 saturated carbocycles. The number of aliphatic hydroxyl groups is 1. The van der Waals surface area contributed by atoms with Crippen molar-refractivity contribution in [2.75, 3.05) is 19.8 Å². The maximum atomic E-state index is 14.3. The Morgan fingerprint density at radius 2 is 2.03 bits per heavy atom. The Balaban J connectivity index is 2.19. The van der Waals surface area contributed by atoms with Gasteiger partial charge in [0.25, 0.3) is 0 Å². The van der Waals surface area contributed by atoms with Gasteiger partial charge in [-0.2, -0.15) is 0 Å². The third-order valence-corrected chi connectivity index (χ3v) is 9.75. The molecule has 2 bridgehead atoms. The molecular weight excluding hydrogens is 440 g/mol. The zero-order valence-electron chi connectivity index (χ0n) is 21.0. The van der Waals surface area contributed by atoms with Gasteiger partial charge in [0.2, 0.25) is 11.8 Å². The van der Waals surface area contributed by atoms with Crippen molar-refractivity contribution in [3.63, 3.8) is 0 Å². The summed E-state index contributed by atoms with van der Waals surface area (Å²) in [6, 6.07) is -1.26. The van der Waals surface area contributed by atoms with Gasteiger partial charge in [-0.15, -0.1) is 18.3 Å². The second-order valence-corrected chi connectivity index (χ2v) is 12.5. The van der Waals surface area contributed by atoms with E-state index >= 15 is 0 Å². The van der Waals surface area contributed by atoms with E-state index < -0.39 is 34.2 Å². The van der Waals surface area contributed by atoms with Gasteiger partial charge >= 0.3 is 5.97 Å². The fourth-order valence-corrected chi connectivity index (χ4v) is 8.58. The van der Waals surface area contributed by atoms with E-state index in [4.69, 9.17) is 4.74 Å². The fraction of sp³-hybridized carbons (Fsp3) is 0.800. The lowest BCUT2D eigenvalue weighted by Gasteiger charge is -2.45. The van der Waals surface area contributed by atoms with E-state index in [1.165, 1.54) is 0 Å². The van der Waals surface area contributed by atoms with Crippen LogP contribution in [0, 0.1) is 23.7 Å². The Labute approximate surface area is 202 Å². The molecule has 3 rings (SSSR count). The SMILES string of the molecule is C=CCN(C(=O)C1N([C@@H](CO)C(C)C)C(=O)[C@@H]2[C@H](C(=O)OCC)[C@@H]3CC(C)C12S3)C(C)(C)C. The molecule has 3 aliphatic rings. The average Bonchev–Trinajstić information content (AvgIpc) is 3.30. The van der Waals surface area contributed by atoms with Gasteiger partial charge in [-0.05, 0) is 46.0 Å². The van der Waals surface area contributed by atoms with E-state index in [2.05, 4.69) is 13.5 Å². The molecule has 0 radical (unpaired) electrons. The van der Waals surface area contributed by atoms with Gasteiger partial charge in [0, 0.05) is 17.3 Å². The molecule has 3 unspecified atom stereocenters. The zero-order valence-corrected chi connectivity index (χ0v) is 21.9. The summed E-state index contributed by atoms with van der Waals surface area (Å²) in [4.78, 5) is 44.8. The highest BCUT2D eigenvalue weighted by Crippen LogP contribution is 2.69. The van der Waals surface area contributed by atoms with Crippen LogP contribution in [0.1, 0.15) is 54.9 Å². The van der Waals surface area contributed by atoms with Crippen molar-refractivity contribution < 1.29 is 24.2 Å². The molecule has 3 saturated heterocycles. The number of hydrogen-bond donors (Lipinski definition) is 1. The number of thioether (sulfide) groups is 1. The molecule has 33 heavy (non-hydrogen) atoms. The lowest BCUT2D eigenvalue weighted by atomic mass is 9.66. The first-order valence-electron chi connectivity index (χ1n) is 12.1. The van der Waals surface area contributed by atoms with Crippen LogP contribution in [0.25, 0.3) is 0 Å². The summed E-state index contributed by atoms with van der Waals surface area (Å²) in [6.45, 7) is 17.9. The Morgan fingerprint density at radius 3 is 2.52 bits per heavy atom. The molecule has 0 aromatic heterocycles. The first-order valence-corrected chi connectivity index (χ1v) is 13.0. The minimum Gasteiger partial charge on any atom is -0.466 e. The van der Waals surface area contributed by atoms with E-state index in [1.54, 1.807) is 34.6 Å². The van der Waals surface area contributed by atoms with Gasteiger partial charge in [0.1, 0.15) is 6.04 Å². The number of carbonyl (C=O) groups excluding carboxylic acids is 3. The molecule has 3 heterocycles. The van der Waals surface area contributed by atoms with Crippen molar-refractivity contribution in [1.82, 2.24) is 9.80 Å². The molecule has 3 fully saturated rings. The number of nitrogens with zero attached hydrogens (tertiary/aromatic N) is 2. The number of aliphatic hydroxyl groups excluding tert-OH is 1. The second-order valence-electron chi connectivity index (χ2n) is 11.0. The van der Waals surface area contributed by atoms with Crippen molar-refractivity contribution in [2.24, 2.45) is 23.7 Å². The summed E-state index contributed by atoms with van der Waals surface area (Å²) in [5.74, 6) is -1.85.